The third kappa shape index (κ3) is 5.31. The quantitative estimate of drug-likeness (QED) is 0.294. The zero-order valence-electron chi connectivity index (χ0n) is 21.6. The predicted octanol–water partition coefficient (Wildman–Crippen LogP) is 4.27. The standard InChI is InChI=1S/C29H29N7O3/c1-35-18-22(17-32-35)19-11-20(15-30-14-19)28(13-29(37)38)36-27-7-5-24(12-21(27)16-33-36)39-10-8-23-4-6-25-26(34-23)3-2-9-31-25/h4-7,11-12,14-18,28,31H,2-3,8-10,13H2,1H3,(H,37,38). The van der Waals surface area contributed by atoms with E-state index in [1.165, 1.54) is 0 Å². The number of carboxylic acids is 1. The van der Waals surface area contributed by atoms with Crippen molar-refractivity contribution in [3.05, 3.63) is 84.3 Å². The molecule has 5 aromatic rings. The van der Waals surface area contributed by atoms with Crippen LogP contribution in [0.2, 0.25) is 0 Å². The molecule has 0 amide bonds. The Morgan fingerprint density at radius 1 is 1.10 bits per heavy atom. The molecule has 0 saturated heterocycles. The van der Waals surface area contributed by atoms with Gasteiger partial charge in [0.2, 0.25) is 0 Å². The molecule has 10 heteroatoms. The van der Waals surface area contributed by atoms with E-state index in [1.54, 1.807) is 34.2 Å². The SMILES string of the molecule is Cn1cc(-c2cncc(C(CC(=O)O)n3ncc4cc(OCCc5ccc6c(n5)CCCN6)ccc43)c2)cn1. The minimum atomic E-state index is -0.915. The zero-order valence-corrected chi connectivity index (χ0v) is 21.6. The van der Waals surface area contributed by atoms with E-state index >= 15 is 0 Å². The van der Waals surface area contributed by atoms with Crippen molar-refractivity contribution < 1.29 is 14.6 Å². The molecule has 4 aromatic heterocycles. The highest BCUT2D eigenvalue weighted by Gasteiger charge is 2.22. The van der Waals surface area contributed by atoms with E-state index in [9.17, 15) is 9.90 Å². The van der Waals surface area contributed by atoms with Crippen LogP contribution in [0.15, 0.2) is 67.4 Å². The van der Waals surface area contributed by atoms with Crippen molar-refractivity contribution >= 4 is 22.6 Å². The summed E-state index contributed by atoms with van der Waals surface area (Å²) in [5.74, 6) is -0.182. The largest absolute Gasteiger partial charge is 0.493 e. The highest BCUT2D eigenvalue weighted by atomic mass is 16.5. The van der Waals surface area contributed by atoms with Crippen LogP contribution in [0, 0.1) is 0 Å². The molecule has 0 radical (unpaired) electrons. The molecule has 0 fully saturated rings. The van der Waals surface area contributed by atoms with Crippen LogP contribution in [0.1, 0.15) is 35.8 Å². The summed E-state index contributed by atoms with van der Waals surface area (Å²) in [5, 5.41) is 22.8. The van der Waals surface area contributed by atoms with Crippen LogP contribution >= 0.6 is 0 Å². The highest BCUT2D eigenvalue weighted by Crippen LogP contribution is 2.30. The van der Waals surface area contributed by atoms with Crippen LogP contribution in [0.5, 0.6) is 5.75 Å². The molecule has 10 nitrogen and oxygen atoms in total. The Labute approximate surface area is 225 Å². The Kier molecular flexibility index (Phi) is 6.66. The number of aromatic nitrogens is 6. The number of benzene rings is 1. The average Bonchev–Trinajstić information content (AvgIpc) is 3.57. The number of hydrogen-bond acceptors (Lipinski definition) is 7. The molecule has 1 aliphatic heterocycles. The van der Waals surface area contributed by atoms with Gasteiger partial charge in [-0.3, -0.25) is 24.1 Å². The summed E-state index contributed by atoms with van der Waals surface area (Å²) in [6.45, 7) is 1.51. The van der Waals surface area contributed by atoms with Gasteiger partial charge in [-0.15, -0.1) is 0 Å². The van der Waals surface area contributed by atoms with Crippen molar-refractivity contribution in [2.75, 3.05) is 18.5 Å². The third-order valence-corrected chi connectivity index (χ3v) is 6.98. The van der Waals surface area contributed by atoms with Gasteiger partial charge in [-0.2, -0.15) is 10.2 Å². The van der Waals surface area contributed by atoms with Gasteiger partial charge < -0.3 is 15.2 Å². The number of carbonyl (C=O) groups is 1. The van der Waals surface area contributed by atoms with Gasteiger partial charge in [-0.05, 0) is 54.8 Å². The number of nitrogens with one attached hydrogen (secondary N) is 1. The summed E-state index contributed by atoms with van der Waals surface area (Å²) in [5.41, 5.74) is 6.65. The summed E-state index contributed by atoms with van der Waals surface area (Å²) in [6.07, 6.45) is 11.5. The number of rotatable bonds is 9. The molecule has 1 aromatic carbocycles. The Bertz CT molecular complexity index is 1640. The summed E-state index contributed by atoms with van der Waals surface area (Å²) in [7, 11) is 1.85. The van der Waals surface area contributed by atoms with Crippen molar-refractivity contribution in [1.29, 1.82) is 0 Å². The zero-order chi connectivity index (χ0) is 26.8. The minimum absolute atomic E-state index is 0.128. The summed E-state index contributed by atoms with van der Waals surface area (Å²) >= 11 is 0. The van der Waals surface area contributed by atoms with Crippen molar-refractivity contribution in [3.8, 4) is 16.9 Å². The Morgan fingerprint density at radius 3 is 2.87 bits per heavy atom. The molecular weight excluding hydrogens is 494 g/mol. The lowest BCUT2D eigenvalue weighted by Gasteiger charge is -2.18. The van der Waals surface area contributed by atoms with E-state index in [-0.39, 0.29) is 6.42 Å². The van der Waals surface area contributed by atoms with Gasteiger partial charge in [0.05, 0.1) is 48.4 Å². The maximum absolute atomic E-state index is 11.8. The van der Waals surface area contributed by atoms with Gasteiger partial charge in [-0.1, -0.05) is 0 Å². The average molecular weight is 524 g/mol. The fourth-order valence-corrected chi connectivity index (χ4v) is 5.04. The van der Waals surface area contributed by atoms with Crippen molar-refractivity contribution in [1.82, 2.24) is 29.5 Å². The molecule has 0 bridgehead atoms. The Morgan fingerprint density at radius 2 is 2.03 bits per heavy atom. The molecule has 0 aliphatic carbocycles. The molecule has 198 valence electrons. The molecule has 0 saturated carbocycles. The molecule has 6 rings (SSSR count). The number of ether oxygens (including phenoxy) is 1. The van der Waals surface area contributed by atoms with E-state index in [1.807, 2.05) is 37.5 Å². The van der Waals surface area contributed by atoms with Gasteiger partial charge in [0.1, 0.15) is 5.75 Å². The number of carboxylic acid groups (broad SMARTS) is 1. The first-order valence-corrected chi connectivity index (χ1v) is 13.0. The van der Waals surface area contributed by atoms with Crippen LogP contribution in [0.3, 0.4) is 0 Å². The molecule has 5 heterocycles. The van der Waals surface area contributed by atoms with Crippen LogP contribution in [-0.4, -0.2) is 53.8 Å². The molecule has 2 N–H and O–H groups in total. The van der Waals surface area contributed by atoms with Crippen LogP contribution < -0.4 is 10.1 Å². The lowest BCUT2D eigenvalue weighted by molar-refractivity contribution is -0.137. The summed E-state index contributed by atoms with van der Waals surface area (Å²) < 4.78 is 9.52. The summed E-state index contributed by atoms with van der Waals surface area (Å²) in [4.78, 5) is 21.0. The molecule has 1 atom stereocenters. The van der Waals surface area contributed by atoms with Gasteiger partial charge in [0, 0.05) is 60.8 Å². The number of fused-ring (bicyclic) bond motifs is 2. The molecule has 1 unspecified atom stereocenters. The van der Waals surface area contributed by atoms with Crippen LogP contribution in [0.4, 0.5) is 5.69 Å². The second kappa shape index (κ2) is 10.6. The van der Waals surface area contributed by atoms with Crippen molar-refractivity contribution in [3.63, 3.8) is 0 Å². The Hall–Kier alpha value is -4.73. The lowest BCUT2D eigenvalue weighted by atomic mass is 10.0. The molecule has 0 spiro atoms. The number of anilines is 1. The number of pyridine rings is 2. The van der Waals surface area contributed by atoms with Crippen LogP contribution in [0.25, 0.3) is 22.0 Å². The van der Waals surface area contributed by atoms with E-state index in [4.69, 9.17) is 9.72 Å². The van der Waals surface area contributed by atoms with E-state index in [0.29, 0.717) is 13.0 Å². The minimum Gasteiger partial charge on any atom is -0.493 e. The van der Waals surface area contributed by atoms with E-state index in [2.05, 4.69) is 32.6 Å². The molecular formula is C29H29N7O3. The Balaban J connectivity index is 1.20. The smallest absolute Gasteiger partial charge is 0.305 e. The van der Waals surface area contributed by atoms with E-state index < -0.39 is 12.0 Å². The van der Waals surface area contributed by atoms with Crippen LogP contribution in [-0.2, 0) is 24.7 Å². The van der Waals surface area contributed by atoms with Crippen molar-refractivity contribution in [2.24, 2.45) is 7.05 Å². The number of aliphatic carboxylic acids is 1. The normalized spacial score (nSPS) is 13.6. The molecule has 1 aliphatic rings. The van der Waals surface area contributed by atoms with E-state index in [0.717, 1.165) is 69.8 Å². The highest BCUT2D eigenvalue weighted by molar-refractivity contribution is 5.81. The fourth-order valence-electron chi connectivity index (χ4n) is 5.04. The predicted molar refractivity (Wildman–Crippen MR) is 147 cm³/mol. The topological polar surface area (TPSA) is 120 Å². The maximum Gasteiger partial charge on any atom is 0.305 e. The maximum atomic E-state index is 11.8. The second-order valence-electron chi connectivity index (χ2n) is 9.76. The monoisotopic (exact) mass is 523 g/mol. The number of nitrogens with zero attached hydrogens (tertiary/aromatic N) is 6. The van der Waals surface area contributed by atoms with Gasteiger partial charge in [0.15, 0.2) is 0 Å². The number of aryl methyl sites for hydroxylation is 2. The number of hydrogen-bond donors (Lipinski definition) is 2. The fraction of sp³-hybridized carbons (Fsp3) is 0.276. The van der Waals surface area contributed by atoms with Crippen molar-refractivity contribution in [2.45, 2.75) is 31.7 Å². The first kappa shape index (κ1) is 24.6. The van der Waals surface area contributed by atoms with Gasteiger partial charge in [-0.25, -0.2) is 0 Å². The van der Waals surface area contributed by atoms with Gasteiger partial charge >= 0.3 is 5.97 Å². The molecule has 39 heavy (non-hydrogen) atoms. The third-order valence-electron chi connectivity index (χ3n) is 6.98. The second-order valence-corrected chi connectivity index (χ2v) is 9.76. The first-order valence-electron chi connectivity index (χ1n) is 13.0. The summed E-state index contributed by atoms with van der Waals surface area (Å²) in [6, 6.07) is 11.3. The van der Waals surface area contributed by atoms with Gasteiger partial charge in [0.25, 0.3) is 0 Å². The lowest BCUT2D eigenvalue weighted by Crippen LogP contribution is -2.16. The first-order chi connectivity index (χ1) is 19.0.